The molecule has 2 aromatic carbocycles. The molecule has 33 heavy (non-hydrogen) atoms. The molecule has 0 aromatic heterocycles. The summed E-state index contributed by atoms with van der Waals surface area (Å²) in [5, 5.41) is 4.35. The van der Waals surface area contributed by atoms with E-state index in [0.717, 1.165) is 5.69 Å². The van der Waals surface area contributed by atoms with Crippen molar-refractivity contribution in [1.29, 1.82) is 0 Å². The number of halogens is 4. The quantitative estimate of drug-likeness (QED) is 0.496. The Morgan fingerprint density at radius 1 is 0.970 bits per heavy atom. The lowest BCUT2D eigenvalue weighted by Gasteiger charge is -2.37. The first-order valence-electron chi connectivity index (χ1n) is 10.5. The van der Waals surface area contributed by atoms with Gasteiger partial charge in [0.1, 0.15) is 0 Å². The maximum absolute atomic E-state index is 12.7. The molecule has 0 radical (unpaired) electrons. The minimum atomic E-state index is -0.393. The van der Waals surface area contributed by atoms with Crippen LogP contribution in [0.1, 0.15) is 24.5 Å². The van der Waals surface area contributed by atoms with Crippen molar-refractivity contribution in [2.75, 3.05) is 43.0 Å². The summed E-state index contributed by atoms with van der Waals surface area (Å²) in [4.78, 5) is 28.6. The van der Waals surface area contributed by atoms with Crippen molar-refractivity contribution in [2.45, 2.75) is 27.2 Å². The van der Waals surface area contributed by atoms with E-state index < -0.39 is 5.91 Å². The van der Waals surface area contributed by atoms with Gasteiger partial charge in [-0.3, -0.25) is 9.59 Å². The lowest BCUT2D eigenvalue weighted by molar-refractivity contribution is -0.131. The smallest absolute Gasteiger partial charge is 0.262 e. The summed E-state index contributed by atoms with van der Waals surface area (Å²) in [6.07, 6.45) is 0.489. The van der Waals surface area contributed by atoms with Gasteiger partial charge in [-0.15, -0.1) is 0 Å². The Kier molecular flexibility index (Phi) is 8.62. The van der Waals surface area contributed by atoms with E-state index in [9.17, 15) is 9.59 Å². The molecule has 178 valence electrons. The Labute approximate surface area is 213 Å². The van der Waals surface area contributed by atoms with Crippen molar-refractivity contribution in [3.63, 3.8) is 0 Å². The van der Waals surface area contributed by atoms with Crippen LogP contribution in [-0.4, -0.2) is 49.5 Å². The van der Waals surface area contributed by atoms with Crippen LogP contribution >= 0.6 is 46.4 Å². The second kappa shape index (κ2) is 11.0. The molecule has 1 heterocycles. The first-order chi connectivity index (χ1) is 15.6. The van der Waals surface area contributed by atoms with Gasteiger partial charge in [0.15, 0.2) is 12.4 Å². The number of nitrogens with zero attached hydrogens (tertiary/aromatic N) is 2. The number of amides is 2. The lowest BCUT2D eigenvalue weighted by Crippen LogP contribution is -2.48. The van der Waals surface area contributed by atoms with E-state index >= 15 is 0 Å². The Bertz CT molecular complexity index is 1040. The maximum atomic E-state index is 12.7. The summed E-state index contributed by atoms with van der Waals surface area (Å²) >= 11 is 25.1. The van der Waals surface area contributed by atoms with Crippen LogP contribution in [0.4, 0.5) is 11.4 Å². The van der Waals surface area contributed by atoms with Crippen LogP contribution in [-0.2, 0) is 9.59 Å². The van der Waals surface area contributed by atoms with E-state index in [2.05, 4.69) is 10.2 Å². The number of carbonyl (C=O) groups is 2. The summed E-state index contributed by atoms with van der Waals surface area (Å²) in [6, 6.07) is 5.32. The second-order valence-corrected chi connectivity index (χ2v) is 9.31. The number of nitrogens with one attached hydrogen (secondary N) is 1. The molecule has 2 aromatic rings. The van der Waals surface area contributed by atoms with Crippen LogP contribution in [0.5, 0.6) is 5.75 Å². The Morgan fingerprint density at radius 3 is 2.15 bits per heavy atom. The average molecular weight is 533 g/mol. The Hall–Kier alpha value is -1.86. The third-order valence-corrected chi connectivity index (χ3v) is 7.28. The monoisotopic (exact) mass is 531 g/mol. The van der Waals surface area contributed by atoms with Gasteiger partial charge in [-0.05, 0) is 43.2 Å². The highest BCUT2D eigenvalue weighted by molar-refractivity contribution is 6.42. The average Bonchev–Trinajstić information content (AvgIpc) is 2.81. The number of ether oxygens (including phenoxy) is 1. The molecule has 0 unspecified atom stereocenters. The Morgan fingerprint density at radius 2 is 1.58 bits per heavy atom. The van der Waals surface area contributed by atoms with Crippen molar-refractivity contribution >= 4 is 69.6 Å². The van der Waals surface area contributed by atoms with Crippen LogP contribution in [0.25, 0.3) is 0 Å². The summed E-state index contributed by atoms with van der Waals surface area (Å²) in [5.41, 5.74) is 2.65. The molecule has 1 aliphatic heterocycles. The normalized spacial score (nSPS) is 13.8. The molecular weight excluding hydrogens is 508 g/mol. The molecule has 1 fully saturated rings. The predicted octanol–water partition coefficient (Wildman–Crippen LogP) is 5.99. The fourth-order valence-electron chi connectivity index (χ4n) is 3.67. The second-order valence-electron chi connectivity index (χ2n) is 7.74. The minimum absolute atomic E-state index is 0.140. The van der Waals surface area contributed by atoms with Crippen LogP contribution in [0.3, 0.4) is 0 Å². The molecule has 1 saturated heterocycles. The van der Waals surface area contributed by atoms with Gasteiger partial charge in [0, 0.05) is 42.6 Å². The van der Waals surface area contributed by atoms with E-state index in [1.54, 1.807) is 26.0 Å². The molecule has 0 spiro atoms. The van der Waals surface area contributed by atoms with Gasteiger partial charge < -0.3 is 19.9 Å². The van der Waals surface area contributed by atoms with E-state index in [-0.39, 0.29) is 28.3 Å². The van der Waals surface area contributed by atoms with E-state index in [1.165, 1.54) is 0 Å². The molecule has 10 heteroatoms. The highest BCUT2D eigenvalue weighted by atomic mass is 35.5. The molecule has 0 saturated carbocycles. The van der Waals surface area contributed by atoms with Gasteiger partial charge >= 0.3 is 0 Å². The van der Waals surface area contributed by atoms with Crippen molar-refractivity contribution in [3.8, 4) is 5.75 Å². The van der Waals surface area contributed by atoms with E-state index in [1.807, 2.05) is 17.9 Å². The number of anilines is 2. The van der Waals surface area contributed by atoms with Gasteiger partial charge in [-0.2, -0.15) is 0 Å². The number of rotatable bonds is 6. The number of benzene rings is 2. The number of carbonyl (C=O) groups excluding carboxylic acids is 2. The van der Waals surface area contributed by atoms with E-state index in [4.69, 9.17) is 51.1 Å². The molecule has 1 N–H and O–H groups in total. The highest BCUT2D eigenvalue weighted by Gasteiger charge is 2.23. The maximum Gasteiger partial charge on any atom is 0.262 e. The Balaban J connectivity index is 1.71. The van der Waals surface area contributed by atoms with Gasteiger partial charge in [-0.1, -0.05) is 53.3 Å². The number of hydrogen-bond acceptors (Lipinski definition) is 4. The van der Waals surface area contributed by atoms with E-state index in [0.29, 0.717) is 59.5 Å². The molecule has 0 aliphatic carbocycles. The SMILES string of the molecule is CCC(=O)N1CCN(c2ccc(Cl)cc2NC(=O)COc2c(Cl)c(C)c(Cl)c(C)c2Cl)CC1. The lowest BCUT2D eigenvalue weighted by atomic mass is 10.1. The molecule has 2 amide bonds. The van der Waals surface area contributed by atoms with Crippen molar-refractivity contribution < 1.29 is 14.3 Å². The topological polar surface area (TPSA) is 61.9 Å². The predicted molar refractivity (Wildman–Crippen MR) is 136 cm³/mol. The third kappa shape index (κ3) is 5.80. The molecule has 0 atom stereocenters. The first-order valence-corrected chi connectivity index (χ1v) is 12.0. The van der Waals surface area contributed by atoms with Crippen molar-refractivity contribution in [2.24, 2.45) is 0 Å². The summed E-state index contributed by atoms with van der Waals surface area (Å²) in [7, 11) is 0. The van der Waals surface area contributed by atoms with Crippen LogP contribution < -0.4 is 15.0 Å². The first kappa shape index (κ1) is 25.8. The molecule has 6 nitrogen and oxygen atoms in total. The van der Waals surface area contributed by atoms with Gasteiger partial charge in [-0.25, -0.2) is 0 Å². The number of piperazine rings is 1. The largest absolute Gasteiger partial charge is 0.481 e. The summed E-state index contributed by atoms with van der Waals surface area (Å²) in [5.74, 6) is -0.0342. The third-order valence-electron chi connectivity index (χ3n) is 5.57. The fraction of sp³-hybridized carbons (Fsp3) is 0.391. The number of hydrogen-bond donors (Lipinski definition) is 1. The van der Waals surface area contributed by atoms with Crippen LogP contribution in [0, 0.1) is 13.8 Å². The van der Waals surface area contributed by atoms with Crippen molar-refractivity contribution in [3.05, 3.63) is 49.4 Å². The minimum Gasteiger partial charge on any atom is -0.481 e. The van der Waals surface area contributed by atoms with Gasteiger partial charge in [0.2, 0.25) is 5.91 Å². The summed E-state index contributed by atoms with van der Waals surface area (Å²) in [6.45, 7) is 7.63. The molecular formula is C23H25Cl4N3O3. The standard InChI is InChI=1S/C23H25Cl4N3O3/c1-4-19(32)30-9-7-29(8-10-30)17-6-5-15(24)11-16(17)28-18(31)12-33-23-21(26)13(2)20(25)14(3)22(23)27/h5-6,11H,4,7-10,12H2,1-3H3,(H,28,31). The van der Waals surface area contributed by atoms with Gasteiger partial charge in [0.05, 0.1) is 21.4 Å². The zero-order valence-corrected chi connectivity index (χ0v) is 21.6. The highest BCUT2D eigenvalue weighted by Crippen LogP contribution is 2.42. The van der Waals surface area contributed by atoms with Crippen molar-refractivity contribution in [1.82, 2.24) is 4.90 Å². The molecule has 3 rings (SSSR count). The zero-order valence-electron chi connectivity index (χ0n) is 18.6. The van der Waals surface area contributed by atoms with Gasteiger partial charge in [0.25, 0.3) is 5.91 Å². The molecule has 1 aliphatic rings. The van der Waals surface area contributed by atoms with Crippen LogP contribution in [0.15, 0.2) is 18.2 Å². The molecule has 0 bridgehead atoms. The fourth-order valence-corrected chi connectivity index (χ4v) is 4.66. The summed E-state index contributed by atoms with van der Waals surface area (Å²) < 4.78 is 5.66. The zero-order chi connectivity index (χ0) is 24.3. The van der Waals surface area contributed by atoms with Crippen LogP contribution in [0.2, 0.25) is 20.1 Å².